The molecule has 4 rings (SSSR count). The van der Waals surface area contributed by atoms with Gasteiger partial charge in [-0.15, -0.1) is 0 Å². The molecule has 2 heterocycles. The van der Waals surface area contributed by atoms with Crippen molar-refractivity contribution in [3.05, 3.63) is 71.8 Å². The van der Waals surface area contributed by atoms with Crippen molar-refractivity contribution in [3.8, 4) is 28.5 Å². The number of anilines is 1. The summed E-state index contributed by atoms with van der Waals surface area (Å²) in [5, 5.41) is 16.8. The van der Waals surface area contributed by atoms with Crippen LogP contribution in [0.1, 0.15) is 12.3 Å². The van der Waals surface area contributed by atoms with Crippen LogP contribution >= 0.6 is 11.6 Å². The highest BCUT2D eigenvalue weighted by atomic mass is 35.5. The third-order valence-electron chi connectivity index (χ3n) is 4.18. The van der Waals surface area contributed by atoms with E-state index < -0.39 is 0 Å². The molecule has 1 amide bonds. The third kappa shape index (κ3) is 4.79. The number of nitrogens with one attached hydrogen (secondary N) is 1. The summed E-state index contributed by atoms with van der Waals surface area (Å²) in [6.07, 6.45) is 3.48. The van der Waals surface area contributed by atoms with Crippen molar-refractivity contribution < 1.29 is 14.4 Å². The van der Waals surface area contributed by atoms with Gasteiger partial charge in [0.15, 0.2) is 5.82 Å². The van der Waals surface area contributed by atoms with Gasteiger partial charge in [0, 0.05) is 29.0 Å². The highest BCUT2D eigenvalue weighted by Crippen LogP contribution is 2.21. The molecule has 2 aromatic carbocycles. The first-order valence-electron chi connectivity index (χ1n) is 9.07. The fourth-order valence-corrected chi connectivity index (χ4v) is 2.83. The normalized spacial score (nSPS) is 10.7. The van der Waals surface area contributed by atoms with Gasteiger partial charge in [-0.25, -0.2) is 9.97 Å². The Kier molecular flexibility index (Phi) is 5.67. The van der Waals surface area contributed by atoms with Gasteiger partial charge >= 0.3 is 0 Å². The minimum Gasteiger partial charge on any atom is -0.508 e. The molecule has 0 unspecified atom stereocenters. The molecule has 2 aromatic heterocycles. The fourth-order valence-electron chi connectivity index (χ4n) is 2.70. The topological polar surface area (TPSA) is 114 Å². The number of aryl methyl sites for hydroxylation is 1. The molecule has 0 atom stereocenters. The van der Waals surface area contributed by atoms with E-state index in [-0.39, 0.29) is 18.1 Å². The molecule has 0 bridgehead atoms. The predicted molar refractivity (Wildman–Crippen MR) is 111 cm³/mol. The van der Waals surface area contributed by atoms with Crippen LogP contribution in [-0.2, 0) is 11.2 Å². The van der Waals surface area contributed by atoms with E-state index in [0.29, 0.717) is 40.2 Å². The maximum absolute atomic E-state index is 12.2. The second-order valence-corrected chi connectivity index (χ2v) is 6.85. The summed E-state index contributed by atoms with van der Waals surface area (Å²) in [5.74, 6) is 1.16. The molecule has 0 radical (unpaired) electrons. The Morgan fingerprint density at radius 2 is 1.80 bits per heavy atom. The number of phenols is 1. The van der Waals surface area contributed by atoms with Crippen LogP contribution in [0.4, 0.5) is 5.69 Å². The van der Waals surface area contributed by atoms with Gasteiger partial charge in [-0.2, -0.15) is 4.98 Å². The van der Waals surface area contributed by atoms with E-state index in [1.165, 1.54) is 12.4 Å². The number of halogens is 1. The fraction of sp³-hybridized carbons (Fsp3) is 0.0952. The van der Waals surface area contributed by atoms with E-state index in [0.717, 1.165) is 5.56 Å². The Morgan fingerprint density at radius 3 is 2.53 bits per heavy atom. The number of hydrogen-bond donors (Lipinski definition) is 2. The van der Waals surface area contributed by atoms with Crippen LogP contribution in [0.2, 0.25) is 5.02 Å². The SMILES string of the molecule is O=C(CCc1nc(-c2ccc(Cl)cc2)no1)Nc1cnc(-c2cccc(O)c2)nc1. The zero-order valence-electron chi connectivity index (χ0n) is 15.6. The van der Waals surface area contributed by atoms with Gasteiger partial charge in [0.05, 0.1) is 18.1 Å². The molecule has 0 spiro atoms. The van der Waals surface area contributed by atoms with Gasteiger partial charge in [-0.3, -0.25) is 4.79 Å². The van der Waals surface area contributed by atoms with Crippen molar-refractivity contribution in [2.45, 2.75) is 12.8 Å². The molecule has 0 saturated heterocycles. The maximum Gasteiger partial charge on any atom is 0.227 e. The number of amides is 1. The van der Waals surface area contributed by atoms with Crippen LogP contribution < -0.4 is 5.32 Å². The van der Waals surface area contributed by atoms with E-state index in [4.69, 9.17) is 16.1 Å². The average molecular weight is 422 g/mol. The summed E-state index contributed by atoms with van der Waals surface area (Å²) < 4.78 is 5.21. The molecule has 4 aromatic rings. The first-order chi connectivity index (χ1) is 14.6. The van der Waals surface area contributed by atoms with Crippen molar-refractivity contribution in [1.82, 2.24) is 20.1 Å². The lowest BCUT2D eigenvalue weighted by Gasteiger charge is -2.05. The molecule has 0 fully saturated rings. The first kappa shape index (κ1) is 19.5. The van der Waals surface area contributed by atoms with Gasteiger partial charge in [-0.05, 0) is 36.4 Å². The van der Waals surface area contributed by atoms with Crippen molar-refractivity contribution in [2.75, 3.05) is 5.32 Å². The minimum absolute atomic E-state index is 0.133. The highest BCUT2D eigenvalue weighted by Gasteiger charge is 2.11. The third-order valence-corrected chi connectivity index (χ3v) is 4.43. The summed E-state index contributed by atoms with van der Waals surface area (Å²) in [5.41, 5.74) is 1.93. The van der Waals surface area contributed by atoms with E-state index in [1.54, 1.807) is 48.5 Å². The second kappa shape index (κ2) is 8.71. The summed E-state index contributed by atoms with van der Waals surface area (Å²) in [4.78, 5) is 24.9. The van der Waals surface area contributed by atoms with Crippen LogP contribution in [0.25, 0.3) is 22.8 Å². The number of aromatic hydroxyl groups is 1. The highest BCUT2D eigenvalue weighted by molar-refractivity contribution is 6.30. The maximum atomic E-state index is 12.2. The van der Waals surface area contributed by atoms with Crippen molar-refractivity contribution in [2.24, 2.45) is 0 Å². The number of rotatable bonds is 6. The summed E-state index contributed by atoms with van der Waals surface area (Å²) >= 11 is 5.87. The molecule has 0 aliphatic carbocycles. The molecule has 0 saturated carbocycles. The Hall–Kier alpha value is -3.78. The zero-order chi connectivity index (χ0) is 20.9. The summed E-state index contributed by atoms with van der Waals surface area (Å²) in [6, 6.07) is 13.7. The Morgan fingerprint density at radius 1 is 1.03 bits per heavy atom. The molecule has 9 heteroatoms. The Bertz CT molecular complexity index is 1160. The lowest BCUT2D eigenvalue weighted by molar-refractivity contribution is -0.116. The molecule has 30 heavy (non-hydrogen) atoms. The number of phenolic OH excluding ortho intramolecular Hbond substituents is 1. The molecule has 0 aliphatic heterocycles. The standard InChI is InChI=1S/C21H16ClN5O3/c22-15-6-4-13(5-7-15)21-26-19(30-27-21)9-8-18(29)25-16-11-23-20(24-12-16)14-2-1-3-17(28)10-14/h1-7,10-12,28H,8-9H2,(H,25,29). The average Bonchev–Trinajstić information content (AvgIpc) is 3.22. The van der Waals surface area contributed by atoms with Crippen molar-refractivity contribution in [1.29, 1.82) is 0 Å². The molecular weight excluding hydrogens is 406 g/mol. The number of benzene rings is 2. The van der Waals surface area contributed by atoms with Crippen LogP contribution in [0.15, 0.2) is 65.4 Å². The predicted octanol–water partition coefficient (Wildman–Crippen LogP) is 4.12. The zero-order valence-corrected chi connectivity index (χ0v) is 16.4. The summed E-state index contributed by atoms with van der Waals surface area (Å²) in [6.45, 7) is 0. The summed E-state index contributed by atoms with van der Waals surface area (Å²) in [7, 11) is 0. The van der Waals surface area contributed by atoms with Crippen LogP contribution in [0, 0.1) is 0 Å². The molecule has 2 N–H and O–H groups in total. The van der Waals surface area contributed by atoms with Crippen LogP contribution in [0.5, 0.6) is 5.75 Å². The second-order valence-electron chi connectivity index (χ2n) is 6.41. The molecule has 8 nitrogen and oxygen atoms in total. The largest absolute Gasteiger partial charge is 0.508 e. The molecular formula is C21H16ClN5O3. The Balaban J connectivity index is 1.32. The molecule has 150 valence electrons. The van der Waals surface area contributed by atoms with Crippen molar-refractivity contribution >= 4 is 23.2 Å². The smallest absolute Gasteiger partial charge is 0.227 e. The van der Waals surface area contributed by atoms with E-state index >= 15 is 0 Å². The number of aromatic nitrogens is 4. The van der Waals surface area contributed by atoms with E-state index in [1.807, 2.05) is 0 Å². The van der Waals surface area contributed by atoms with Crippen LogP contribution in [0.3, 0.4) is 0 Å². The number of hydrogen-bond acceptors (Lipinski definition) is 7. The first-order valence-corrected chi connectivity index (χ1v) is 9.44. The minimum atomic E-state index is -0.227. The van der Waals surface area contributed by atoms with Crippen LogP contribution in [-0.4, -0.2) is 31.1 Å². The van der Waals surface area contributed by atoms with Crippen molar-refractivity contribution in [3.63, 3.8) is 0 Å². The van der Waals surface area contributed by atoms with Gasteiger partial charge in [0.2, 0.25) is 17.6 Å². The van der Waals surface area contributed by atoms with E-state index in [2.05, 4.69) is 25.4 Å². The van der Waals surface area contributed by atoms with Gasteiger partial charge < -0.3 is 14.9 Å². The van der Waals surface area contributed by atoms with Gasteiger partial charge in [0.1, 0.15) is 5.75 Å². The number of carbonyl (C=O) groups excluding carboxylic acids is 1. The quantitative estimate of drug-likeness (QED) is 0.481. The monoisotopic (exact) mass is 421 g/mol. The van der Waals surface area contributed by atoms with Gasteiger partial charge in [0.25, 0.3) is 0 Å². The number of nitrogens with zero attached hydrogens (tertiary/aromatic N) is 4. The number of carbonyl (C=O) groups is 1. The lowest BCUT2D eigenvalue weighted by Crippen LogP contribution is -2.13. The van der Waals surface area contributed by atoms with Gasteiger partial charge in [-0.1, -0.05) is 28.9 Å². The lowest BCUT2D eigenvalue weighted by atomic mass is 10.2. The molecule has 0 aliphatic rings. The van der Waals surface area contributed by atoms with E-state index in [9.17, 15) is 9.90 Å². The Labute approximate surface area is 176 Å².